The topological polar surface area (TPSA) is 103 Å². The molecule has 2 saturated heterocycles. The molecule has 0 aliphatic carbocycles. The van der Waals surface area contributed by atoms with Crippen LogP contribution in [0.25, 0.3) is 10.9 Å². The van der Waals surface area contributed by atoms with E-state index in [2.05, 4.69) is 10.3 Å². The molecule has 2 N–H and O–H groups in total. The second-order valence-electron chi connectivity index (χ2n) is 6.96. The molecule has 0 radical (unpaired) electrons. The van der Waals surface area contributed by atoms with Crippen LogP contribution in [0.2, 0.25) is 0 Å². The van der Waals surface area contributed by atoms with Crippen molar-refractivity contribution >= 4 is 28.7 Å². The van der Waals surface area contributed by atoms with Crippen LogP contribution in [0.1, 0.15) is 5.56 Å². The molecule has 2 unspecified atom stereocenters. The van der Waals surface area contributed by atoms with E-state index in [9.17, 15) is 19.5 Å². The molecule has 8 heteroatoms. The number of aromatic nitrogens is 1. The first-order valence-electron chi connectivity index (χ1n) is 8.89. The number of imide groups is 1. The summed E-state index contributed by atoms with van der Waals surface area (Å²) in [7, 11) is 0. The molecule has 1 aromatic carbocycles. The number of aliphatic hydroxyl groups excluding tert-OH is 1. The average molecular weight is 368 g/mol. The van der Waals surface area contributed by atoms with Gasteiger partial charge in [-0.05, 0) is 24.1 Å². The van der Waals surface area contributed by atoms with Gasteiger partial charge in [-0.15, -0.1) is 0 Å². The predicted molar refractivity (Wildman–Crippen MR) is 96.6 cm³/mol. The highest BCUT2D eigenvalue weighted by molar-refractivity contribution is 6.04. The Balaban J connectivity index is 1.44. The molecule has 2 fully saturated rings. The summed E-state index contributed by atoms with van der Waals surface area (Å²) in [5, 5.41) is 13.9. The van der Waals surface area contributed by atoms with Gasteiger partial charge in [0.05, 0.1) is 18.2 Å². The zero-order chi connectivity index (χ0) is 19.0. The summed E-state index contributed by atoms with van der Waals surface area (Å²) in [6.07, 6.45) is 1.72. The van der Waals surface area contributed by atoms with E-state index in [0.717, 1.165) is 21.4 Å². The zero-order valence-corrected chi connectivity index (χ0v) is 14.7. The number of rotatable bonds is 4. The molecule has 1 aromatic heterocycles. The number of fused-ring (bicyclic) bond motifs is 1. The van der Waals surface area contributed by atoms with Crippen molar-refractivity contribution in [2.75, 3.05) is 26.2 Å². The Hall–Kier alpha value is -3.00. The van der Waals surface area contributed by atoms with Gasteiger partial charge in [0.15, 0.2) is 0 Å². The molecule has 27 heavy (non-hydrogen) atoms. The lowest BCUT2D eigenvalue weighted by molar-refractivity contribution is -0.136. The van der Waals surface area contributed by atoms with Gasteiger partial charge < -0.3 is 15.3 Å². The number of para-hydroxylation sites is 1. The minimum atomic E-state index is -0.649. The smallest absolute Gasteiger partial charge is 0.325 e. The number of carbonyl (C=O) groups is 3. The summed E-state index contributed by atoms with van der Waals surface area (Å²) in [4.78, 5) is 42.5. The van der Waals surface area contributed by atoms with Gasteiger partial charge in [-0.2, -0.15) is 0 Å². The summed E-state index contributed by atoms with van der Waals surface area (Å²) in [5.41, 5.74) is 1.97. The number of hydrogen-bond acceptors (Lipinski definition) is 5. The monoisotopic (exact) mass is 368 g/mol. The van der Waals surface area contributed by atoms with Gasteiger partial charge in [-0.1, -0.05) is 18.2 Å². The van der Waals surface area contributed by atoms with Crippen LogP contribution in [0.15, 0.2) is 36.5 Å². The molecule has 0 saturated carbocycles. The Morgan fingerprint density at radius 2 is 2.04 bits per heavy atom. The van der Waals surface area contributed by atoms with Crippen LogP contribution in [0.5, 0.6) is 0 Å². The van der Waals surface area contributed by atoms with Gasteiger partial charge >= 0.3 is 6.03 Å². The van der Waals surface area contributed by atoms with E-state index >= 15 is 0 Å². The maximum Gasteiger partial charge on any atom is 0.325 e. The Kier molecular flexibility index (Phi) is 4.49. The van der Waals surface area contributed by atoms with E-state index in [1.807, 2.05) is 30.3 Å². The van der Waals surface area contributed by atoms with Gasteiger partial charge in [-0.25, -0.2) is 4.79 Å². The van der Waals surface area contributed by atoms with Crippen LogP contribution in [-0.4, -0.2) is 70.0 Å². The molecule has 2 aliphatic rings. The quantitative estimate of drug-likeness (QED) is 0.748. The van der Waals surface area contributed by atoms with E-state index in [0.29, 0.717) is 13.0 Å². The Morgan fingerprint density at radius 1 is 1.22 bits per heavy atom. The number of aliphatic hydroxyl groups is 1. The summed E-state index contributed by atoms with van der Waals surface area (Å²) in [6.45, 7) is 0.227. The fraction of sp³-hybridized carbons (Fsp3) is 0.368. The Morgan fingerprint density at radius 3 is 2.81 bits per heavy atom. The highest BCUT2D eigenvalue weighted by Crippen LogP contribution is 2.25. The fourth-order valence-corrected chi connectivity index (χ4v) is 3.72. The number of carbonyl (C=O) groups excluding carboxylic acids is 3. The highest BCUT2D eigenvalue weighted by atomic mass is 16.3. The Labute approximate surface area is 155 Å². The molecule has 4 rings (SSSR count). The van der Waals surface area contributed by atoms with Crippen molar-refractivity contribution in [3.63, 3.8) is 0 Å². The standard InChI is InChI=1S/C19H20N4O4/c24-16-10-22(18(26)11-23-17(25)8-21-19(23)27)9-13(16)7-12-5-6-20-15-4-2-1-3-14(12)15/h1-6,13,16,24H,7-11H2,(H,21,27). The first kappa shape index (κ1) is 17.4. The number of urea groups is 1. The maximum absolute atomic E-state index is 12.5. The zero-order valence-electron chi connectivity index (χ0n) is 14.7. The van der Waals surface area contributed by atoms with Gasteiger partial charge in [0.2, 0.25) is 5.91 Å². The van der Waals surface area contributed by atoms with Crippen LogP contribution in [-0.2, 0) is 16.0 Å². The van der Waals surface area contributed by atoms with Crippen molar-refractivity contribution in [1.29, 1.82) is 0 Å². The third-order valence-electron chi connectivity index (χ3n) is 5.21. The van der Waals surface area contributed by atoms with Gasteiger partial charge in [0, 0.05) is 30.6 Å². The van der Waals surface area contributed by atoms with E-state index in [4.69, 9.17) is 0 Å². The lowest BCUT2D eigenvalue weighted by Gasteiger charge is -2.19. The molecule has 2 atom stereocenters. The van der Waals surface area contributed by atoms with Gasteiger partial charge in [0.1, 0.15) is 6.54 Å². The van der Waals surface area contributed by atoms with Crippen molar-refractivity contribution in [1.82, 2.24) is 20.1 Å². The fourth-order valence-electron chi connectivity index (χ4n) is 3.72. The number of likely N-dealkylation sites (tertiary alicyclic amines) is 1. The normalized spacial score (nSPS) is 22.6. The minimum Gasteiger partial charge on any atom is -0.391 e. The maximum atomic E-state index is 12.5. The van der Waals surface area contributed by atoms with Crippen LogP contribution >= 0.6 is 0 Å². The number of benzene rings is 1. The van der Waals surface area contributed by atoms with Crippen molar-refractivity contribution in [2.24, 2.45) is 5.92 Å². The predicted octanol–water partition coefficient (Wildman–Crippen LogP) is 0.148. The third kappa shape index (κ3) is 3.35. The van der Waals surface area contributed by atoms with Crippen molar-refractivity contribution in [3.8, 4) is 0 Å². The van der Waals surface area contributed by atoms with Crippen LogP contribution in [0, 0.1) is 5.92 Å². The molecule has 140 valence electrons. The molecular weight excluding hydrogens is 348 g/mol. The van der Waals surface area contributed by atoms with Crippen LogP contribution < -0.4 is 5.32 Å². The SMILES string of the molecule is O=C(CN1C(=O)CNC1=O)N1CC(O)C(Cc2ccnc3ccccc23)C1. The number of nitrogens with zero attached hydrogens (tertiary/aromatic N) is 3. The summed E-state index contributed by atoms with van der Waals surface area (Å²) in [6, 6.07) is 9.21. The number of nitrogens with one attached hydrogen (secondary N) is 1. The molecular formula is C19H20N4O4. The number of amides is 4. The minimum absolute atomic E-state index is 0.0769. The highest BCUT2D eigenvalue weighted by Gasteiger charge is 2.37. The number of hydrogen-bond donors (Lipinski definition) is 2. The van der Waals surface area contributed by atoms with E-state index in [-0.39, 0.29) is 31.5 Å². The number of pyridine rings is 1. The lowest BCUT2D eigenvalue weighted by atomic mass is 9.94. The molecule has 2 aromatic rings. The first-order chi connectivity index (χ1) is 13.0. The number of β-amino-alcohol motifs (C(OH)–C–C–N with tert-alkyl or cyclic N) is 1. The van der Waals surface area contributed by atoms with Crippen molar-refractivity contribution in [3.05, 3.63) is 42.1 Å². The summed E-state index contributed by atoms with van der Waals surface area (Å²) in [5.74, 6) is -0.850. The second kappa shape index (κ2) is 6.96. The molecule has 8 nitrogen and oxygen atoms in total. The molecule has 4 amide bonds. The molecule has 0 spiro atoms. The van der Waals surface area contributed by atoms with Crippen molar-refractivity contribution in [2.45, 2.75) is 12.5 Å². The molecule has 0 bridgehead atoms. The molecule has 3 heterocycles. The van der Waals surface area contributed by atoms with E-state index < -0.39 is 18.0 Å². The van der Waals surface area contributed by atoms with Crippen LogP contribution in [0.3, 0.4) is 0 Å². The van der Waals surface area contributed by atoms with E-state index in [1.165, 1.54) is 4.90 Å². The van der Waals surface area contributed by atoms with Crippen LogP contribution in [0.4, 0.5) is 4.79 Å². The average Bonchev–Trinajstić information content (AvgIpc) is 3.19. The first-order valence-corrected chi connectivity index (χ1v) is 8.89. The van der Waals surface area contributed by atoms with E-state index in [1.54, 1.807) is 6.20 Å². The summed E-state index contributed by atoms with van der Waals surface area (Å²) >= 11 is 0. The third-order valence-corrected chi connectivity index (χ3v) is 5.21. The van der Waals surface area contributed by atoms with Crippen molar-refractivity contribution < 1.29 is 19.5 Å². The second-order valence-corrected chi connectivity index (χ2v) is 6.96. The summed E-state index contributed by atoms with van der Waals surface area (Å²) < 4.78 is 0. The largest absolute Gasteiger partial charge is 0.391 e. The Bertz CT molecular complexity index is 894. The van der Waals surface area contributed by atoms with Gasteiger partial charge in [0.25, 0.3) is 5.91 Å². The lowest BCUT2D eigenvalue weighted by Crippen LogP contribution is -2.42. The molecule has 2 aliphatic heterocycles. The van der Waals surface area contributed by atoms with Gasteiger partial charge in [-0.3, -0.25) is 19.5 Å².